The third-order valence-electron chi connectivity index (χ3n) is 8.88. The van der Waals surface area contributed by atoms with Gasteiger partial charge < -0.3 is 14.4 Å². The molecule has 1 atom stereocenters. The highest BCUT2D eigenvalue weighted by molar-refractivity contribution is 7.13. The number of allylic oxidation sites excluding steroid dienone is 2. The first-order valence-electron chi connectivity index (χ1n) is 17.5. The molecule has 4 aromatic rings. The van der Waals surface area contributed by atoms with Gasteiger partial charge in [-0.05, 0) is 73.4 Å². The maximum Gasteiger partial charge on any atom is 0.158 e. The Morgan fingerprint density at radius 3 is 2.16 bits per heavy atom. The Bertz CT molecular complexity index is 1920. The lowest BCUT2D eigenvalue weighted by Crippen LogP contribution is -2.25. The molecule has 0 radical (unpaired) electrons. The molecule has 0 bridgehead atoms. The minimum absolute atomic E-state index is 0.293. The van der Waals surface area contributed by atoms with Gasteiger partial charge >= 0.3 is 0 Å². The van der Waals surface area contributed by atoms with Gasteiger partial charge in [0.25, 0.3) is 0 Å². The van der Waals surface area contributed by atoms with Crippen LogP contribution in [0.4, 0.5) is 5.69 Å². The molecule has 6 heteroatoms. The van der Waals surface area contributed by atoms with E-state index in [9.17, 15) is 10.5 Å². The summed E-state index contributed by atoms with van der Waals surface area (Å²) in [5.41, 5.74) is 4.48. The molecule has 0 aliphatic carbocycles. The van der Waals surface area contributed by atoms with Crippen molar-refractivity contribution in [3.05, 3.63) is 146 Å². The molecule has 0 saturated heterocycles. The van der Waals surface area contributed by atoms with Gasteiger partial charge in [-0.25, -0.2) is 0 Å². The van der Waals surface area contributed by atoms with Crippen LogP contribution in [0.2, 0.25) is 0 Å². The van der Waals surface area contributed by atoms with Crippen LogP contribution in [0.1, 0.15) is 79.3 Å². The summed E-state index contributed by atoms with van der Waals surface area (Å²) in [7, 11) is 0. The fourth-order valence-electron chi connectivity index (χ4n) is 6.06. The van der Waals surface area contributed by atoms with E-state index in [1.54, 1.807) is 11.3 Å². The number of anilines is 1. The van der Waals surface area contributed by atoms with Gasteiger partial charge in [0.05, 0.1) is 12.1 Å². The first-order valence-corrected chi connectivity index (χ1v) is 18.3. The zero-order valence-corrected chi connectivity index (χ0v) is 30.1. The molecule has 1 unspecified atom stereocenters. The number of benzene rings is 3. The van der Waals surface area contributed by atoms with E-state index in [0.717, 1.165) is 63.7 Å². The van der Waals surface area contributed by atoms with Crippen molar-refractivity contribution in [2.75, 3.05) is 18.0 Å². The Kier molecular flexibility index (Phi) is 12.9. The van der Waals surface area contributed by atoms with E-state index in [1.165, 1.54) is 31.0 Å². The molecule has 5 rings (SSSR count). The molecular formula is C44H45N3O2S. The first kappa shape index (κ1) is 36.0. The highest BCUT2D eigenvalue weighted by atomic mass is 32.1. The maximum atomic E-state index is 10.1. The van der Waals surface area contributed by atoms with Gasteiger partial charge in [-0.2, -0.15) is 10.5 Å². The molecule has 2 heterocycles. The summed E-state index contributed by atoms with van der Waals surface area (Å²) in [6.45, 7) is 9.02. The quantitative estimate of drug-likeness (QED) is 0.0871. The Balaban J connectivity index is 1.40. The summed E-state index contributed by atoms with van der Waals surface area (Å²) in [5, 5.41) is 19.4. The van der Waals surface area contributed by atoms with Crippen molar-refractivity contribution >= 4 is 35.3 Å². The molecule has 0 N–H and O–H groups in total. The van der Waals surface area contributed by atoms with Gasteiger partial charge in [-0.15, -0.1) is 11.3 Å². The lowest BCUT2D eigenvalue weighted by atomic mass is 9.86. The molecule has 0 spiro atoms. The fraction of sp³-hybridized carbons (Fsp3) is 0.273. The van der Waals surface area contributed by atoms with Crippen LogP contribution in [0.15, 0.2) is 120 Å². The van der Waals surface area contributed by atoms with E-state index in [1.807, 2.05) is 73.7 Å². The van der Waals surface area contributed by atoms with Crippen LogP contribution in [0.5, 0.6) is 5.75 Å². The number of rotatable bonds is 16. The van der Waals surface area contributed by atoms with Gasteiger partial charge in [-0.1, -0.05) is 99.8 Å². The average molecular weight is 680 g/mol. The second-order valence-electron chi connectivity index (χ2n) is 12.5. The average Bonchev–Trinajstić information content (AvgIpc) is 3.72. The second-order valence-corrected chi connectivity index (χ2v) is 13.6. The van der Waals surface area contributed by atoms with Crippen molar-refractivity contribution < 1.29 is 9.47 Å². The van der Waals surface area contributed by atoms with Gasteiger partial charge in [0, 0.05) is 45.7 Å². The van der Waals surface area contributed by atoms with Crippen molar-refractivity contribution in [3.8, 4) is 17.9 Å². The number of ether oxygens (including phenoxy) is 2. The second kappa shape index (κ2) is 17.9. The minimum Gasteiger partial charge on any atom is -0.488 e. The summed E-state index contributed by atoms with van der Waals surface area (Å²) in [6.07, 6.45) is 15.5. The largest absolute Gasteiger partial charge is 0.488 e. The monoisotopic (exact) mass is 679 g/mol. The number of thiophene rings is 1. The Labute approximate surface area is 301 Å². The molecular weight excluding hydrogens is 635 g/mol. The van der Waals surface area contributed by atoms with Gasteiger partial charge in [0.2, 0.25) is 0 Å². The van der Waals surface area contributed by atoms with Crippen LogP contribution in [-0.2, 0) is 16.9 Å². The Hall–Kier alpha value is -5.30. The molecule has 1 aliphatic rings. The van der Waals surface area contributed by atoms with Crippen LogP contribution in [-0.4, -0.2) is 13.1 Å². The lowest BCUT2D eigenvalue weighted by Gasteiger charge is -2.27. The topological polar surface area (TPSA) is 69.3 Å². The van der Waals surface area contributed by atoms with Crippen LogP contribution >= 0.6 is 11.3 Å². The number of nitriles is 2. The van der Waals surface area contributed by atoms with E-state index in [4.69, 9.17) is 9.47 Å². The summed E-state index contributed by atoms with van der Waals surface area (Å²) in [5.74, 6) is 1.16. The predicted octanol–water partition coefficient (Wildman–Crippen LogP) is 11.5. The molecule has 254 valence electrons. The van der Waals surface area contributed by atoms with E-state index in [2.05, 4.69) is 79.4 Å². The molecule has 1 aromatic heterocycles. The molecule has 0 saturated carbocycles. The summed E-state index contributed by atoms with van der Waals surface area (Å²) in [6, 6.07) is 35.2. The SMILES string of the molecule is CCCCCN(CCCC)c1ccc(/C=C/c2ccc(/C=C/C3=C(C#N)C(=C/C#N)/OC3(C)c3ccccc3)s2)c(OCc2ccccc2)c1. The van der Waals surface area contributed by atoms with E-state index < -0.39 is 5.60 Å². The van der Waals surface area contributed by atoms with E-state index in [-0.39, 0.29) is 0 Å². The van der Waals surface area contributed by atoms with Crippen LogP contribution in [0.3, 0.4) is 0 Å². The normalized spacial score (nSPS) is 16.5. The standard InChI is InChI=1S/C44H45N3O2S/c1-4-6-14-30-47(29-7-5-2)37-21-19-35(43(31-37)48-33-34-15-10-8-11-16-34)20-22-38-23-24-39(50-38)25-26-41-40(32-46)42(27-28-45)49-44(41,3)36-17-12-9-13-18-36/h8-13,15-27,31H,4-7,14,29-30,33H2,1-3H3/b22-20+,26-25+,42-27-. The fourth-order valence-corrected chi connectivity index (χ4v) is 6.88. The Morgan fingerprint density at radius 1 is 0.800 bits per heavy atom. The van der Waals surface area contributed by atoms with Crippen molar-refractivity contribution in [1.29, 1.82) is 10.5 Å². The highest BCUT2D eigenvalue weighted by Gasteiger charge is 2.42. The summed E-state index contributed by atoms with van der Waals surface area (Å²) in [4.78, 5) is 4.64. The van der Waals surface area contributed by atoms with Crippen molar-refractivity contribution in [3.63, 3.8) is 0 Å². The highest BCUT2D eigenvalue weighted by Crippen LogP contribution is 2.46. The van der Waals surface area contributed by atoms with Gasteiger partial charge in [-0.3, -0.25) is 0 Å². The van der Waals surface area contributed by atoms with Crippen molar-refractivity contribution in [2.45, 2.75) is 65.1 Å². The van der Waals surface area contributed by atoms with E-state index in [0.29, 0.717) is 17.9 Å². The van der Waals surface area contributed by atoms with Crippen LogP contribution in [0, 0.1) is 22.7 Å². The van der Waals surface area contributed by atoms with Gasteiger partial charge in [0.1, 0.15) is 29.8 Å². The zero-order chi connectivity index (χ0) is 35.2. The first-order chi connectivity index (χ1) is 24.5. The third-order valence-corrected chi connectivity index (χ3v) is 9.89. The lowest BCUT2D eigenvalue weighted by molar-refractivity contribution is 0.0764. The molecule has 50 heavy (non-hydrogen) atoms. The predicted molar refractivity (Wildman–Crippen MR) is 207 cm³/mol. The number of unbranched alkanes of at least 4 members (excludes halogenated alkanes) is 3. The number of hydrogen-bond acceptors (Lipinski definition) is 6. The summed E-state index contributed by atoms with van der Waals surface area (Å²) >= 11 is 1.66. The molecule has 1 aliphatic heterocycles. The van der Waals surface area contributed by atoms with Gasteiger partial charge in [0.15, 0.2) is 5.60 Å². The molecule has 5 nitrogen and oxygen atoms in total. The minimum atomic E-state index is -0.893. The third kappa shape index (κ3) is 9.03. The summed E-state index contributed by atoms with van der Waals surface area (Å²) < 4.78 is 12.7. The van der Waals surface area contributed by atoms with Crippen LogP contribution in [0.25, 0.3) is 18.2 Å². The molecule has 0 amide bonds. The smallest absolute Gasteiger partial charge is 0.158 e. The zero-order valence-electron chi connectivity index (χ0n) is 29.3. The van der Waals surface area contributed by atoms with Crippen molar-refractivity contribution in [1.82, 2.24) is 0 Å². The van der Waals surface area contributed by atoms with E-state index >= 15 is 0 Å². The van der Waals surface area contributed by atoms with Crippen LogP contribution < -0.4 is 9.64 Å². The molecule has 3 aromatic carbocycles. The van der Waals surface area contributed by atoms with Crippen molar-refractivity contribution in [2.24, 2.45) is 0 Å². The Morgan fingerprint density at radius 2 is 1.48 bits per heavy atom. The molecule has 0 fully saturated rings. The maximum absolute atomic E-state index is 10.1. The number of nitrogens with zero attached hydrogens (tertiary/aromatic N) is 3. The number of hydrogen-bond donors (Lipinski definition) is 0.